The fraction of sp³-hybridized carbons (Fsp3) is 0.600. The van der Waals surface area contributed by atoms with Crippen molar-refractivity contribution >= 4 is 11.4 Å². The number of nitrogens with two attached hydrogens (primary N) is 1. The lowest BCUT2D eigenvalue weighted by Crippen LogP contribution is -2.39. The summed E-state index contributed by atoms with van der Waals surface area (Å²) >= 11 is 0. The molecule has 0 saturated heterocycles. The van der Waals surface area contributed by atoms with Crippen molar-refractivity contribution in [3.05, 3.63) is 23.8 Å². The van der Waals surface area contributed by atoms with Crippen molar-refractivity contribution in [2.24, 2.45) is 0 Å². The van der Waals surface area contributed by atoms with Crippen LogP contribution in [-0.2, 0) is 0 Å². The van der Waals surface area contributed by atoms with E-state index in [1.165, 1.54) is 37.8 Å². The lowest BCUT2D eigenvalue weighted by Gasteiger charge is -2.37. The number of rotatable bonds is 4. The molecule has 3 nitrogen and oxygen atoms in total. The van der Waals surface area contributed by atoms with Gasteiger partial charge in [0.25, 0.3) is 0 Å². The SMILES string of the molecule is Cc1c(N)cccc1N(CCO)C1CCCCC1. The summed E-state index contributed by atoms with van der Waals surface area (Å²) in [5.74, 6) is 0. The van der Waals surface area contributed by atoms with Crippen molar-refractivity contribution in [3.8, 4) is 0 Å². The van der Waals surface area contributed by atoms with E-state index < -0.39 is 0 Å². The van der Waals surface area contributed by atoms with Gasteiger partial charge in [0, 0.05) is 24.0 Å². The summed E-state index contributed by atoms with van der Waals surface area (Å²) in [6, 6.07) is 6.63. The Morgan fingerprint density at radius 1 is 1.28 bits per heavy atom. The second kappa shape index (κ2) is 6.10. The first kappa shape index (κ1) is 13.2. The molecule has 1 aliphatic rings. The third kappa shape index (κ3) is 2.78. The number of aliphatic hydroxyl groups is 1. The van der Waals surface area contributed by atoms with E-state index in [1.807, 2.05) is 12.1 Å². The number of aliphatic hydroxyl groups excluding tert-OH is 1. The van der Waals surface area contributed by atoms with Gasteiger partial charge in [-0.1, -0.05) is 25.3 Å². The molecule has 0 atom stereocenters. The van der Waals surface area contributed by atoms with Gasteiger partial charge in [0.05, 0.1) is 6.61 Å². The molecule has 0 aromatic heterocycles. The standard InChI is InChI=1S/C15H24N2O/c1-12-14(16)8-5-9-15(12)17(10-11-18)13-6-3-2-4-7-13/h5,8-9,13,18H,2-4,6-7,10-11,16H2,1H3. The maximum absolute atomic E-state index is 9.32. The van der Waals surface area contributed by atoms with Crippen LogP contribution in [0.3, 0.4) is 0 Å². The van der Waals surface area contributed by atoms with Crippen LogP contribution in [0.5, 0.6) is 0 Å². The predicted molar refractivity (Wildman–Crippen MR) is 76.9 cm³/mol. The molecular formula is C15H24N2O. The van der Waals surface area contributed by atoms with E-state index in [4.69, 9.17) is 5.73 Å². The van der Waals surface area contributed by atoms with Crippen molar-refractivity contribution in [2.45, 2.75) is 45.1 Å². The van der Waals surface area contributed by atoms with Gasteiger partial charge in [-0.3, -0.25) is 0 Å². The molecule has 1 aliphatic carbocycles. The fourth-order valence-corrected chi connectivity index (χ4v) is 2.95. The molecule has 3 N–H and O–H groups in total. The summed E-state index contributed by atoms with van der Waals surface area (Å²) in [4.78, 5) is 2.35. The number of hydrogen-bond acceptors (Lipinski definition) is 3. The van der Waals surface area contributed by atoms with Gasteiger partial charge in [-0.25, -0.2) is 0 Å². The molecule has 0 aliphatic heterocycles. The zero-order valence-corrected chi connectivity index (χ0v) is 11.2. The molecule has 0 unspecified atom stereocenters. The summed E-state index contributed by atoms with van der Waals surface area (Å²) < 4.78 is 0. The number of nitrogens with zero attached hydrogens (tertiary/aromatic N) is 1. The van der Waals surface area contributed by atoms with Gasteiger partial charge >= 0.3 is 0 Å². The molecule has 0 spiro atoms. The number of anilines is 2. The van der Waals surface area contributed by atoms with Gasteiger partial charge in [0.15, 0.2) is 0 Å². The Bertz CT molecular complexity index is 386. The van der Waals surface area contributed by atoms with Crippen LogP contribution in [-0.4, -0.2) is 24.3 Å². The average Bonchev–Trinajstić information content (AvgIpc) is 2.41. The Hall–Kier alpha value is -1.22. The Balaban J connectivity index is 2.25. The van der Waals surface area contributed by atoms with Gasteiger partial charge in [-0.2, -0.15) is 0 Å². The summed E-state index contributed by atoms with van der Waals surface area (Å²) in [7, 11) is 0. The van der Waals surface area contributed by atoms with Crippen LogP contribution in [0.1, 0.15) is 37.7 Å². The van der Waals surface area contributed by atoms with Crippen molar-refractivity contribution < 1.29 is 5.11 Å². The molecule has 1 aromatic rings. The van der Waals surface area contributed by atoms with Crippen LogP contribution in [0.25, 0.3) is 0 Å². The summed E-state index contributed by atoms with van der Waals surface area (Å²) in [6.07, 6.45) is 6.41. The second-order valence-corrected chi connectivity index (χ2v) is 5.20. The minimum atomic E-state index is 0.199. The monoisotopic (exact) mass is 248 g/mol. The number of benzene rings is 1. The van der Waals surface area contributed by atoms with Crippen LogP contribution in [0, 0.1) is 6.92 Å². The van der Waals surface area contributed by atoms with Gasteiger partial charge in [0.1, 0.15) is 0 Å². The van der Waals surface area contributed by atoms with Gasteiger partial charge in [-0.15, -0.1) is 0 Å². The summed E-state index contributed by atoms with van der Waals surface area (Å²) in [5, 5.41) is 9.32. The topological polar surface area (TPSA) is 49.5 Å². The average molecular weight is 248 g/mol. The molecular weight excluding hydrogens is 224 g/mol. The molecule has 3 heteroatoms. The van der Waals surface area contributed by atoms with E-state index >= 15 is 0 Å². The smallest absolute Gasteiger partial charge is 0.0606 e. The minimum absolute atomic E-state index is 0.199. The quantitative estimate of drug-likeness (QED) is 0.805. The van der Waals surface area contributed by atoms with Crippen LogP contribution < -0.4 is 10.6 Å². The van der Waals surface area contributed by atoms with Crippen LogP contribution in [0.15, 0.2) is 18.2 Å². The normalized spacial score (nSPS) is 16.8. The van der Waals surface area contributed by atoms with Crippen LogP contribution in [0.2, 0.25) is 0 Å². The molecule has 1 fully saturated rings. The highest BCUT2D eigenvalue weighted by molar-refractivity contribution is 5.64. The van der Waals surface area contributed by atoms with Gasteiger partial charge in [0.2, 0.25) is 0 Å². The Morgan fingerprint density at radius 2 is 2.00 bits per heavy atom. The van der Waals surface area contributed by atoms with Crippen molar-refractivity contribution in [1.29, 1.82) is 0 Å². The highest BCUT2D eigenvalue weighted by atomic mass is 16.3. The van der Waals surface area contributed by atoms with E-state index in [0.29, 0.717) is 12.6 Å². The Morgan fingerprint density at radius 3 is 2.67 bits per heavy atom. The van der Waals surface area contributed by atoms with Gasteiger partial charge in [-0.05, 0) is 37.5 Å². The molecule has 0 radical (unpaired) electrons. The van der Waals surface area contributed by atoms with Crippen LogP contribution >= 0.6 is 0 Å². The number of hydrogen-bond donors (Lipinski definition) is 2. The molecule has 1 saturated carbocycles. The van der Waals surface area contributed by atoms with Gasteiger partial charge < -0.3 is 15.7 Å². The molecule has 100 valence electrons. The first-order chi connectivity index (χ1) is 8.74. The minimum Gasteiger partial charge on any atom is -0.398 e. The van der Waals surface area contributed by atoms with E-state index in [9.17, 15) is 5.11 Å². The zero-order chi connectivity index (χ0) is 13.0. The lowest BCUT2D eigenvalue weighted by molar-refractivity contribution is 0.290. The summed E-state index contributed by atoms with van der Waals surface area (Å²) in [6.45, 7) is 2.97. The van der Waals surface area contributed by atoms with Crippen molar-refractivity contribution in [2.75, 3.05) is 23.8 Å². The van der Waals surface area contributed by atoms with E-state index in [0.717, 1.165) is 11.3 Å². The van der Waals surface area contributed by atoms with E-state index in [2.05, 4.69) is 17.9 Å². The van der Waals surface area contributed by atoms with Crippen molar-refractivity contribution in [1.82, 2.24) is 0 Å². The second-order valence-electron chi connectivity index (χ2n) is 5.20. The van der Waals surface area contributed by atoms with Crippen molar-refractivity contribution in [3.63, 3.8) is 0 Å². The van der Waals surface area contributed by atoms with Crippen LogP contribution in [0.4, 0.5) is 11.4 Å². The number of nitrogen functional groups attached to an aromatic ring is 1. The maximum atomic E-state index is 9.32. The largest absolute Gasteiger partial charge is 0.398 e. The Kier molecular flexibility index (Phi) is 4.48. The summed E-state index contributed by atoms with van der Waals surface area (Å²) in [5.41, 5.74) is 9.16. The maximum Gasteiger partial charge on any atom is 0.0606 e. The first-order valence-corrected chi connectivity index (χ1v) is 6.96. The lowest BCUT2D eigenvalue weighted by atomic mass is 9.93. The van der Waals surface area contributed by atoms with E-state index in [-0.39, 0.29) is 6.61 Å². The molecule has 0 bridgehead atoms. The van der Waals surface area contributed by atoms with E-state index in [1.54, 1.807) is 0 Å². The first-order valence-electron chi connectivity index (χ1n) is 6.96. The highest BCUT2D eigenvalue weighted by Crippen LogP contribution is 2.31. The molecule has 0 amide bonds. The highest BCUT2D eigenvalue weighted by Gasteiger charge is 2.22. The third-order valence-electron chi connectivity index (χ3n) is 4.01. The Labute approximate surface area is 110 Å². The predicted octanol–water partition coefficient (Wildman–Crippen LogP) is 2.71. The molecule has 1 aromatic carbocycles. The zero-order valence-electron chi connectivity index (χ0n) is 11.2. The fourth-order valence-electron chi connectivity index (χ4n) is 2.95. The molecule has 2 rings (SSSR count). The molecule has 0 heterocycles. The third-order valence-corrected chi connectivity index (χ3v) is 4.01. The molecule has 18 heavy (non-hydrogen) atoms.